The first-order valence-electron chi connectivity index (χ1n) is 5.73. The van der Waals surface area contributed by atoms with Gasteiger partial charge in [0.2, 0.25) is 5.91 Å². The first-order chi connectivity index (χ1) is 7.32. The third-order valence-corrected chi connectivity index (χ3v) is 2.76. The molecule has 1 aliphatic heterocycles. The molecule has 0 aromatic rings. The Morgan fingerprint density at radius 1 is 1.62 bits per heavy atom. The lowest BCUT2D eigenvalue weighted by molar-refractivity contribution is -0.138. The quantitative estimate of drug-likeness (QED) is 0.665. The van der Waals surface area contributed by atoms with Crippen LogP contribution < -0.4 is 5.73 Å². The summed E-state index contributed by atoms with van der Waals surface area (Å²) in [4.78, 5) is 15.4. The van der Waals surface area contributed by atoms with E-state index in [0.717, 1.165) is 12.8 Å². The van der Waals surface area contributed by atoms with Crippen LogP contribution in [0.25, 0.3) is 0 Å². The maximum Gasteiger partial charge on any atom is 0.239 e. The smallest absolute Gasteiger partial charge is 0.239 e. The molecule has 16 heavy (non-hydrogen) atoms. The molecule has 1 aliphatic rings. The molecule has 0 aromatic heterocycles. The van der Waals surface area contributed by atoms with Gasteiger partial charge in [0.25, 0.3) is 0 Å². The summed E-state index contributed by atoms with van der Waals surface area (Å²) in [6.45, 7) is 3.35. The number of nitrogens with zero attached hydrogens (tertiary/aromatic N) is 2. The van der Waals surface area contributed by atoms with E-state index in [1.165, 1.54) is 0 Å². The summed E-state index contributed by atoms with van der Waals surface area (Å²) in [5, 5.41) is 10.2. The van der Waals surface area contributed by atoms with Crippen molar-refractivity contribution in [1.82, 2.24) is 9.80 Å². The molecule has 2 unspecified atom stereocenters. The topological polar surface area (TPSA) is 69.8 Å². The second-order valence-electron chi connectivity index (χ2n) is 5.24. The highest BCUT2D eigenvalue weighted by Gasteiger charge is 2.31. The highest BCUT2D eigenvalue weighted by molar-refractivity contribution is 5.82. The lowest BCUT2D eigenvalue weighted by atomic mass is 10.0. The summed E-state index contributed by atoms with van der Waals surface area (Å²) >= 11 is 0. The zero-order valence-corrected chi connectivity index (χ0v) is 10.4. The van der Waals surface area contributed by atoms with Crippen LogP contribution in [0.2, 0.25) is 0 Å². The van der Waals surface area contributed by atoms with Gasteiger partial charge in [-0.25, -0.2) is 0 Å². The molecule has 5 heteroatoms. The van der Waals surface area contributed by atoms with E-state index in [-0.39, 0.29) is 11.9 Å². The van der Waals surface area contributed by atoms with Crippen molar-refractivity contribution in [3.63, 3.8) is 0 Å². The maximum absolute atomic E-state index is 11.8. The molecule has 1 saturated heterocycles. The van der Waals surface area contributed by atoms with Crippen molar-refractivity contribution < 1.29 is 9.90 Å². The maximum atomic E-state index is 11.8. The zero-order valence-electron chi connectivity index (χ0n) is 10.4. The van der Waals surface area contributed by atoms with E-state index >= 15 is 0 Å². The Balaban J connectivity index is 2.55. The van der Waals surface area contributed by atoms with Gasteiger partial charge in [-0.15, -0.1) is 0 Å². The van der Waals surface area contributed by atoms with Gasteiger partial charge in [-0.3, -0.25) is 4.79 Å². The number of carbonyl (C=O) groups excluding carboxylic acids is 1. The van der Waals surface area contributed by atoms with Gasteiger partial charge in [0.15, 0.2) is 0 Å². The fourth-order valence-electron chi connectivity index (χ4n) is 2.27. The summed E-state index contributed by atoms with van der Waals surface area (Å²) in [5.41, 5.74) is 4.83. The number of β-amino-alcohol motifs (C(OH)–C–C–N with tert-alkyl or cyclic N) is 1. The van der Waals surface area contributed by atoms with Crippen LogP contribution in [0.4, 0.5) is 0 Å². The van der Waals surface area contributed by atoms with Crippen molar-refractivity contribution in [1.29, 1.82) is 0 Å². The van der Waals surface area contributed by atoms with Crippen molar-refractivity contribution in [2.24, 2.45) is 5.73 Å². The molecule has 1 heterocycles. The Labute approximate surface area is 97.2 Å². The van der Waals surface area contributed by atoms with E-state index in [1.807, 2.05) is 19.0 Å². The van der Waals surface area contributed by atoms with Gasteiger partial charge in [0.05, 0.1) is 18.2 Å². The van der Waals surface area contributed by atoms with Crippen molar-refractivity contribution in [3.8, 4) is 0 Å². The molecule has 1 fully saturated rings. The number of likely N-dealkylation sites (N-methyl/N-ethyl adjacent to an activating group) is 1. The number of aliphatic hydroxyl groups is 1. The minimum Gasteiger partial charge on any atom is -0.387 e. The molecular weight excluding hydrogens is 206 g/mol. The predicted octanol–water partition coefficient (Wildman–Crippen LogP) is -0.751. The van der Waals surface area contributed by atoms with E-state index in [1.54, 1.807) is 11.8 Å². The molecule has 1 amide bonds. The second kappa shape index (κ2) is 5.12. The predicted molar refractivity (Wildman–Crippen MR) is 63.0 cm³/mol. The number of carbonyl (C=O) groups is 1. The molecule has 0 aromatic carbocycles. The molecule has 0 aliphatic carbocycles. The molecule has 0 saturated carbocycles. The van der Waals surface area contributed by atoms with Crippen LogP contribution >= 0.6 is 0 Å². The minimum atomic E-state index is -0.879. The third kappa shape index (κ3) is 3.73. The number of nitrogens with two attached hydrogens (primary N) is 1. The minimum absolute atomic E-state index is 0.0368. The van der Waals surface area contributed by atoms with Crippen LogP contribution in [-0.2, 0) is 4.79 Å². The van der Waals surface area contributed by atoms with Crippen LogP contribution in [0.3, 0.4) is 0 Å². The van der Waals surface area contributed by atoms with Crippen LogP contribution in [0, 0.1) is 0 Å². The summed E-state index contributed by atoms with van der Waals surface area (Å²) in [5.74, 6) is -0.0368. The number of hydrogen-bond donors (Lipinski definition) is 2. The monoisotopic (exact) mass is 229 g/mol. The molecule has 5 nitrogen and oxygen atoms in total. The van der Waals surface area contributed by atoms with Gasteiger partial charge in [-0.1, -0.05) is 0 Å². The number of amides is 1. The molecule has 94 valence electrons. The largest absolute Gasteiger partial charge is 0.387 e. The molecular formula is C11H23N3O2. The normalized spacial score (nSPS) is 26.0. The Bertz CT molecular complexity index is 254. The molecule has 1 rings (SSSR count). The summed E-state index contributed by atoms with van der Waals surface area (Å²) < 4.78 is 0. The molecule has 0 spiro atoms. The van der Waals surface area contributed by atoms with Crippen LogP contribution in [-0.4, -0.2) is 66.2 Å². The molecule has 2 atom stereocenters. The van der Waals surface area contributed by atoms with Crippen molar-refractivity contribution in [2.45, 2.75) is 31.4 Å². The highest BCUT2D eigenvalue weighted by Crippen LogP contribution is 2.14. The summed E-state index contributed by atoms with van der Waals surface area (Å²) in [6, 6.07) is -0.385. The number of piperidine rings is 1. The van der Waals surface area contributed by atoms with E-state index in [9.17, 15) is 9.90 Å². The number of likely N-dealkylation sites (tertiary alicyclic amines) is 1. The lowest BCUT2D eigenvalue weighted by Crippen LogP contribution is -2.55. The fourth-order valence-corrected chi connectivity index (χ4v) is 2.27. The Hall–Kier alpha value is -0.650. The number of rotatable bonds is 4. The average Bonchev–Trinajstić information content (AvgIpc) is 2.10. The average molecular weight is 229 g/mol. The number of hydrogen-bond acceptors (Lipinski definition) is 4. The van der Waals surface area contributed by atoms with Gasteiger partial charge in [-0.2, -0.15) is 0 Å². The SMILES string of the molecule is CN(C)CC(C)(O)CN1CCCC(N)C1=O. The van der Waals surface area contributed by atoms with Crippen molar-refractivity contribution in [3.05, 3.63) is 0 Å². The Morgan fingerprint density at radius 3 is 2.81 bits per heavy atom. The highest BCUT2D eigenvalue weighted by atomic mass is 16.3. The van der Waals surface area contributed by atoms with Gasteiger partial charge >= 0.3 is 0 Å². The van der Waals surface area contributed by atoms with Crippen LogP contribution in [0.15, 0.2) is 0 Å². The van der Waals surface area contributed by atoms with E-state index in [2.05, 4.69) is 0 Å². The molecule has 0 bridgehead atoms. The molecule has 3 N–H and O–H groups in total. The van der Waals surface area contributed by atoms with Gasteiger partial charge in [0, 0.05) is 13.1 Å². The van der Waals surface area contributed by atoms with Gasteiger partial charge in [0.1, 0.15) is 0 Å². The first-order valence-corrected chi connectivity index (χ1v) is 5.73. The van der Waals surface area contributed by atoms with E-state index in [0.29, 0.717) is 19.6 Å². The first kappa shape index (κ1) is 13.4. The Kier molecular flexibility index (Phi) is 4.29. The van der Waals surface area contributed by atoms with Crippen LogP contribution in [0.5, 0.6) is 0 Å². The van der Waals surface area contributed by atoms with Gasteiger partial charge < -0.3 is 20.6 Å². The third-order valence-electron chi connectivity index (χ3n) is 2.76. The lowest BCUT2D eigenvalue weighted by Gasteiger charge is -2.37. The van der Waals surface area contributed by atoms with E-state index in [4.69, 9.17) is 5.73 Å². The summed E-state index contributed by atoms with van der Waals surface area (Å²) in [7, 11) is 3.80. The summed E-state index contributed by atoms with van der Waals surface area (Å²) in [6.07, 6.45) is 1.68. The zero-order chi connectivity index (χ0) is 12.3. The van der Waals surface area contributed by atoms with Crippen molar-refractivity contribution >= 4 is 5.91 Å². The molecule has 0 radical (unpaired) electrons. The fraction of sp³-hybridized carbons (Fsp3) is 0.909. The van der Waals surface area contributed by atoms with Gasteiger partial charge in [-0.05, 0) is 33.9 Å². The standard InChI is InChI=1S/C11H23N3O2/c1-11(16,7-13(2)3)8-14-6-4-5-9(12)10(14)15/h9,16H,4-8,12H2,1-3H3. The van der Waals surface area contributed by atoms with E-state index < -0.39 is 5.60 Å². The Morgan fingerprint density at radius 2 is 2.25 bits per heavy atom. The van der Waals surface area contributed by atoms with Crippen LogP contribution in [0.1, 0.15) is 19.8 Å². The van der Waals surface area contributed by atoms with Crippen molar-refractivity contribution in [2.75, 3.05) is 33.7 Å². The second-order valence-corrected chi connectivity index (χ2v) is 5.24.